The largest absolute Gasteiger partial charge is 0.377 e. The van der Waals surface area contributed by atoms with Crippen molar-refractivity contribution in [2.75, 3.05) is 23.7 Å². The van der Waals surface area contributed by atoms with Crippen LogP contribution in [0, 0.1) is 0 Å². The first-order valence-electron chi connectivity index (χ1n) is 9.65. The summed E-state index contributed by atoms with van der Waals surface area (Å²) in [5, 5.41) is 2.81. The molecule has 32 heavy (non-hydrogen) atoms. The van der Waals surface area contributed by atoms with E-state index in [1.807, 2.05) is 37.2 Å². The van der Waals surface area contributed by atoms with E-state index in [2.05, 4.69) is 16.4 Å². The highest BCUT2D eigenvalue weighted by Gasteiger charge is 2.19. The summed E-state index contributed by atoms with van der Waals surface area (Å²) in [5.41, 5.74) is 2.36. The highest BCUT2D eigenvalue weighted by Crippen LogP contribution is 2.31. The minimum absolute atomic E-state index is 0.0913. The second-order valence-electron chi connectivity index (χ2n) is 7.06. The van der Waals surface area contributed by atoms with Crippen LogP contribution in [0.2, 0.25) is 6.32 Å². The summed E-state index contributed by atoms with van der Waals surface area (Å²) in [5.74, 6) is 0. The van der Waals surface area contributed by atoms with Gasteiger partial charge in [0.1, 0.15) is 0 Å². The van der Waals surface area contributed by atoms with Crippen molar-refractivity contribution in [1.29, 1.82) is 0 Å². The first kappa shape index (κ1) is 23.6. The zero-order valence-electron chi connectivity index (χ0n) is 17.8. The van der Waals surface area contributed by atoms with Crippen molar-refractivity contribution < 1.29 is 13.2 Å². The Morgan fingerprint density at radius 3 is 2.50 bits per heavy atom. The maximum absolute atomic E-state index is 13.3. The molecule has 0 heterocycles. The molecule has 2 radical (unpaired) electrons. The van der Waals surface area contributed by atoms with E-state index in [4.69, 9.17) is 7.85 Å². The standard InChI is InChI=1S/C23H22BN3O3S2/c1-25-20(15-31-23(28)14-24)16-7-4-8-17(13-16)26-32(29,30)22-12-6-9-18-19(22)10-5-11-21(18)27(2)3/h4-13,15,26H,1,14H2,2-3H3/b20-15-. The maximum Gasteiger partial charge on any atom is 0.262 e. The number of aliphatic imine (C=N–C) groups is 1. The van der Waals surface area contributed by atoms with Crippen LogP contribution in [-0.2, 0) is 14.8 Å². The molecule has 3 aromatic rings. The molecule has 3 rings (SSSR count). The monoisotopic (exact) mass is 463 g/mol. The summed E-state index contributed by atoms with van der Waals surface area (Å²) in [6.45, 7) is 3.53. The van der Waals surface area contributed by atoms with Gasteiger partial charge in [-0.15, -0.1) is 0 Å². The van der Waals surface area contributed by atoms with E-state index in [-0.39, 0.29) is 16.3 Å². The summed E-state index contributed by atoms with van der Waals surface area (Å²) in [6.07, 6.45) is -0.0913. The number of nitrogens with zero attached hydrogens (tertiary/aromatic N) is 2. The van der Waals surface area contributed by atoms with Crippen molar-refractivity contribution in [3.8, 4) is 0 Å². The Labute approximate surface area is 193 Å². The van der Waals surface area contributed by atoms with Crippen molar-refractivity contribution in [1.82, 2.24) is 0 Å². The van der Waals surface area contributed by atoms with Crippen molar-refractivity contribution in [2.24, 2.45) is 4.99 Å². The van der Waals surface area contributed by atoms with Crippen molar-refractivity contribution in [3.05, 3.63) is 71.6 Å². The predicted octanol–water partition coefficient (Wildman–Crippen LogP) is 4.55. The van der Waals surface area contributed by atoms with Gasteiger partial charge in [-0.2, -0.15) is 0 Å². The van der Waals surface area contributed by atoms with Gasteiger partial charge in [0.15, 0.2) is 5.12 Å². The molecular weight excluding hydrogens is 441 g/mol. The van der Waals surface area contributed by atoms with Crippen LogP contribution in [0.5, 0.6) is 0 Å². The van der Waals surface area contributed by atoms with Crippen LogP contribution in [0.15, 0.2) is 76.0 Å². The lowest BCUT2D eigenvalue weighted by Gasteiger charge is -2.17. The van der Waals surface area contributed by atoms with E-state index < -0.39 is 10.0 Å². The lowest BCUT2D eigenvalue weighted by atomic mass is 10.1. The second-order valence-corrected chi connectivity index (χ2v) is 9.64. The molecule has 3 aromatic carbocycles. The number of sulfonamides is 1. The molecule has 0 unspecified atom stereocenters. The lowest BCUT2D eigenvalue weighted by molar-refractivity contribution is -0.109. The topological polar surface area (TPSA) is 78.8 Å². The Balaban J connectivity index is 1.98. The molecule has 6 nitrogen and oxygen atoms in total. The number of benzene rings is 3. The Bertz CT molecular complexity index is 1300. The van der Waals surface area contributed by atoms with Gasteiger partial charge in [-0.05, 0) is 37.3 Å². The number of thioether (sulfide) groups is 1. The number of fused-ring (bicyclic) bond motifs is 1. The Hall–Kier alpha value is -3.04. The van der Waals surface area contributed by atoms with Gasteiger partial charge in [0, 0.05) is 47.2 Å². The number of carbonyl (C=O) groups is 1. The van der Waals surface area contributed by atoms with Gasteiger partial charge < -0.3 is 4.90 Å². The van der Waals surface area contributed by atoms with E-state index in [1.54, 1.807) is 47.9 Å². The molecular formula is C23H22BN3O3S2. The molecule has 0 fully saturated rings. The van der Waals surface area contributed by atoms with E-state index in [1.165, 1.54) is 0 Å². The Kier molecular flexibility index (Phi) is 7.42. The maximum atomic E-state index is 13.3. The molecule has 0 bridgehead atoms. The van der Waals surface area contributed by atoms with Gasteiger partial charge in [0.05, 0.1) is 18.4 Å². The predicted molar refractivity (Wildman–Crippen MR) is 136 cm³/mol. The minimum atomic E-state index is -3.87. The first-order valence-corrected chi connectivity index (χ1v) is 12.0. The number of hydrogen-bond acceptors (Lipinski definition) is 6. The van der Waals surface area contributed by atoms with Crippen LogP contribution in [0.3, 0.4) is 0 Å². The molecule has 0 saturated heterocycles. The van der Waals surface area contributed by atoms with E-state index in [9.17, 15) is 13.2 Å². The quantitative estimate of drug-likeness (QED) is 0.392. The summed E-state index contributed by atoms with van der Waals surface area (Å²) in [6, 6.07) is 17.5. The lowest BCUT2D eigenvalue weighted by Crippen LogP contribution is -2.14. The van der Waals surface area contributed by atoms with Gasteiger partial charge in [-0.1, -0.05) is 48.2 Å². The van der Waals surface area contributed by atoms with Crippen LogP contribution in [0.1, 0.15) is 5.56 Å². The third-order valence-electron chi connectivity index (χ3n) is 4.68. The molecule has 0 saturated carbocycles. The Morgan fingerprint density at radius 1 is 1.12 bits per heavy atom. The van der Waals surface area contributed by atoms with E-state index in [0.29, 0.717) is 22.3 Å². The van der Waals surface area contributed by atoms with E-state index >= 15 is 0 Å². The molecule has 0 aliphatic rings. The van der Waals surface area contributed by atoms with Gasteiger partial charge >= 0.3 is 0 Å². The molecule has 0 spiro atoms. The molecule has 0 aromatic heterocycles. The summed E-state index contributed by atoms with van der Waals surface area (Å²) >= 11 is 0.922. The van der Waals surface area contributed by atoms with Crippen LogP contribution < -0.4 is 9.62 Å². The minimum Gasteiger partial charge on any atom is -0.377 e. The van der Waals surface area contributed by atoms with Crippen molar-refractivity contribution in [3.63, 3.8) is 0 Å². The first-order chi connectivity index (χ1) is 15.3. The molecule has 9 heteroatoms. The number of carbonyl (C=O) groups excluding carboxylic acids is 1. The second kappa shape index (κ2) is 10.1. The highest BCUT2D eigenvalue weighted by molar-refractivity contribution is 8.16. The molecule has 0 atom stereocenters. The zero-order valence-corrected chi connectivity index (χ0v) is 19.4. The number of nitrogens with one attached hydrogen (secondary N) is 1. The average molecular weight is 463 g/mol. The molecule has 1 N–H and O–H groups in total. The number of hydrogen-bond donors (Lipinski definition) is 1. The molecule has 0 aliphatic carbocycles. The smallest absolute Gasteiger partial charge is 0.262 e. The number of anilines is 2. The van der Waals surface area contributed by atoms with Gasteiger partial charge in [-0.25, -0.2) is 8.42 Å². The van der Waals surface area contributed by atoms with Crippen LogP contribution in [0.4, 0.5) is 11.4 Å². The van der Waals surface area contributed by atoms with Gasteiger partial charge in [0.25, 0.3) is 10.0 Å². The number of rotatable bonds is 8. The normalized spacial score (nSPS) is 11.9. The molecule has 0 aliphatic heterocycles. The van der Waals surface area contributed by atoms with Crippen LogP contribution in [0.25, 0.3) is 16.5 Å². The molecule has 0 amide bonds. The summed E-state index contributed by atoms with van der Waals surface area (Å²) < 4.78 is 29.2. The van der Waals surface area contributed by atoms with Crippen molar-refractivity contribution >= 4 is 69.3 Å². The van der Waals surface area contributed by atoms with Crippen molar-refractivity contribution in [2.45, 2.75) is 11.2 Å². The van der Waals surface area contributed by atoms with E-state index in [0.717, 1.165) is 22.8 Å². The summed E-state index contributed by atoms with van der Waals surface area (Å²) in [7, 11) is 5.28. The Morgan fingerprint density at radius 2 is 1.81 bits per heavy atom. The highest BCUT2D eigenvalue weighted by atomic mass is 32.2. The fraction of sp³-hybridized carbons (Fsp3) is 0.130. The third kappa shape index (κ3) is 5.23. The fourth-order valence-electron chi connectivity index (χ4n) is 3.21. The average Bonchev–Trinajstić information content (AvgIpc) is 2.78. The van der Waals surface area contributed by atoms with Gasteiger partial charge in [0.2, 0.25) is 0 Å². The zero-order chi connectivity index (χ0) is 23.3. The summed E-state index contributed by atoms with van der Waals surface area (Å²) in [4.78, 5) is 17.6. The third-order valence-corrected chi connectivity index (χ3v) is 6.89. The molecule has 162 valence electrons. The van der Waals surface area contributed by atoms with Crippen LogP contribution in [-0.4, -0.2) is 42.2 Å². The fourth-order valence-corrected chi connectivity index (χ4v) is 5.03. The SMILES string of the molecule is [B]CC(=O)S/C=C(\N=C)c1cccc(NS(=O)(=O)c2cccc3c(N(C)C)cccc23)c1. The van der Waals surface area contributed by atoms with Crippen LogP contribution >= 0.6 is 11.8 Å². The van der Waals surface area contributed by atoms with Gasteiger partial charge in [-0.3, -0.25) is 14.5 Å².